The molecule has 4 atom stereocenters. The molecule has 0 saturated carbocycles. The molecular weight excluding hydrogens is 481 g/mol. The molecule has 13 heteroatoms. The number of carboxylic acids is 1. The van der Waals surface area contributed by atoms with Gasteiger partial charge in [-0.15, -0.1) is 0 Å². The maximum Gasteiger partial charge on any atom is 0.552 e. The van der Waals surface area contributed by atoms with Crippen molar-refractivity contribution in [1.82, 2.24) is 25.9 Å². The van der Waals surface area contributed by atoms with Crippen LogP contribution in [0.25, 0.3) is 0 Å². The van der Waals surface area contributed by atoms with Gasteiger partial charge in [0.2, 0.25) is 5.91 Å². The number of likely N-dealkylation sites (N-methyl/N-ethyl adjacent to an activating group) is 1. The lowest BCUT2D eigenvalue weighted by Crippen LogP contribution is -2.64. The minimum atomic E-state index is -1.50. The molecule has 37 heavy (non-hydrogen) atoms. The molecule has 1 aromatic carbocycles. The second-order valence-corrected chi connectivity index (χ2v) is 9.02. The summed E-state index contributed by atoms with van der Waals surface area (Å²) in [6.07, 6.45) is 3.06. The van der Waals surface area contributed by atoms with Gasteiger partial charge in [-0.05, 0) is 24.9 Å². The predicted octanol–water partition coefficient (Wildman–Crippen LogP) is -0.00940. The van der Waals surface area contributed by atoms with E-state index in [0.29, 0.717) is 6.42 Å². The Morgan fingerprint density at radius 2 is 1.86 bits per heavy atom. The summed E-state index contributed by atoms with van der Waals surface area (Å²) in [5, 5.41) is 17.6. The third-order valence-corrected chi connectivity index (χ3v) is 5.71. The van der Waals surface area contributed by atoms with Crippen LogP contribution in [-0.4, -0.2) is 77.1 Å². The van der Waals surface area contributed by atoms with Gasteiger partial charge in [-0.2, -0.15) is 0 Å². The average molecular weight is 511 g/mol. The maximum absolute atomic E-state index is 13.5. The SMILES string of the molecule is CN[C@H]1C(=O)OB([C@H](CC(C)C)NC(=O)C(Cc2ccccc2)NC(=O)c2cnccn2)O[C@H]1C(=O)O. The van der Waals surface area contributed by atoms with E-state index >= 15 is 0 Å². The molecule has 3 rings (SSSR count). The third kappa shape index (κ3) is 7.57. The van der Waals surface area contributed by atoms with Gasteiger partial charge in [0, 0.05) is 18.8 Å². The maximum atomic E-state index is 13.5. The van der Waals surface area contributed by atoms with E-state index in [9.17, 15) is 24.3 Å². The fourth-order valence-electron chi connectivity index (χ4n) is 3.95. The summed E-state index contributed by atoms with van der Waals surface area (Å²) in [7, 11) is 0.0880. The van der Waals surface area contributed by atoms with Crippen LogP contribution in [0.1, 0.15) is 36.3 Å². The molecule has 2 heterocycles. The molecule has 0 radical (unpaired) electrons. The van der Waals surface area contributed by atoms with E-state index in [4.69, 9.17) is 9.31 Å². The Balaban J connectivity index is 1.83. The van der Waals surface area contributed by atoms with Gasteiger partial charge in [-0.3, -0.25) is 19.4 Å². The van der Waals surface area contributed by atoms with E-state index in [1.807, 2.05) is 44.2 Å². The number of nitrogens with zero attached hydrogens (tertiary/aromatic N) is 2. The van der Waals surface area contributed by atoms with E-state index in [-0.39, 0.29) is 18.0 Å². The zero-order valence-corrected chi connectivity index (χ0v) is 20.8. The summed E-state index contributed by atoms with van der Waals surface area (Å²) >= 11 is 0. The van der Waals surface area contributed by atoms with Crippen molar-refractivity contribution in [2.75, 3.05) is 7.05 Å². The van der Waals surface area contributed by atoms with Crippen molar-refractivity contribution in [3.8, 4) is 0 Å². The number of aliphatic carboxylic acids is 1. The summed E-state index contributed by atoms with van der Waals surface area (Å²) in [6.45, 7) is 3.79. The topological polar surface area (TPSA) is 169 Å². The highest BCUT2D eigenvalue weighted by Crippen LogP contribution is 2.19. The highest BCUT2D eigenvalue weighted by molar-refractivity contribution is 6.50. The Morgan fingerprint density at radius 1 is 1.14 bits per heavy atom. The van der Waals surface area contributed by atoms with Crippen molar-refractivity contribution >= 4 is 30.9 Å². The van der Waals surface area contributed by atoms with E-state index in [1.165, 1.54) is 25.6 Å². The molecular formula is C24H30BN5O7. The smallest absolute Gasteiger partial charge is 0.507 e. The summed E-state index contributed by atoms with van der Waals surface area (Å²) in [6, 6.07) is 6.89. The van der Waals surface area contributed by atoms with Gasteiger partial charge in [0.1, 0.15) is 17.8 Å². The Bertz CT molecular complexity index is 1090. The van der Waals surface area contributed by atoms with Crippen LogP contribution in [0.5, 0.6) is 0 Å². The molecule has 1 aromatic heterocycles. The molecule has 2 aromatic rings. The fraction of sp³-hybridized carbons (Fsp3) is 0.417. The first-order chi connectivity index (χ1) is 17.7. The third-order valence-electron chi connectivity index (χ3n) is 5.71. The minimum absolute atomic E-state index is 0.0275. The monoisotopic (exact) mass is 511 g/mol. The van der Waals surface area contributed by atoms with Crippen LogP contribution < -0.4 is 16.0 Å². The van der Waals surface area contributed by atoms with Gasteiger partial charge in [-0.1, -0.05) is 44.2 Å². The summed E-state index contributed by atoms with van der Waals surface area (Å²) in [4.78, 5) is 58.3. The van der Waals surface area contributed by atoms with Crippen LogP contribution in [0.3, 0.4) is 0 Å². The van der Waals surface area contributed by atoms with E-state index < -0.39 is 55.0 Å². The van der Waals surface area contributed by atoms with E-state index in [1.54, 1.807) is 0 Å². The van der Waals surface area contributed by atoms with Gasteiger partial charge >= 0.3 is 19.1 Å². The number of carbonyl (C=O) groups excluding carboxylic acids is 3. The summed E-state index contributed by atoms with van der Waals surface area (Å²) in [5.41, 5.74) is 0.838. The van der Waals surface area contributed by atoms with Crippen molar-refractivity contribution in [2.45, 2.75) is 50.8 Å². The zero-order chi connectivity index (χ0) is 26.9. The molecule has 196 valence electrons. The van der Waals surface area contributed by atoms with Gasteiger partial charge in [0.25, 0.3) is 5.91 Å². The summed E-state index contributed by atoms with van der Waals surface area (Å²) in [5.74, 6) is -4.14. The second-order valence-electron chi connectivity index (χ2n) is 9.02. The zero-order valence-electron chi connectivity index (χ0n) is 20.8. The van der Waals surface area contributed by atoms with Crippen molar-refractivity contribution in [3.05, 3.63) is 60.2 Å². The van der Waals surface area contributed by atoms with Crippen molar-refractivity contribution in [2.24, 2.45) is 5.92 Å². The van der Waals surface area contributed by atoms with Crippen LogP contribution in [-0.2, 0) is 30.1 Å². The lowest BCUT2D eigenvalue weighted by Gasteiger charge is -2.35. The lowest BCUT2D eigenvalue weighted by atomic mass is 9.72. The van der Waals surface area contributed by atoms with Crippen LogP contribution >= 0.6 is 0 Å². The molecule has 2 amide bonds. The molecule has 4 N–H and O–H groups in total. The number of carbonyl (C=O) groups is 4. The molecule has 1 aliphatic heterocycles. The van der Waals surface area contributed by atoms with Gasteiger partial charge in [-0.25, -0.2) is 9.78 Å². The highest BCUT2D eigenvalue weighted by Gasteiger charge is 2.49. The Kier molecular flexibility index (Phi) is 9.69. The Hall–Kier alpha value is -3.84. The number of benzene rings is 1. The first kappa shape index (κ1) is 27.7. The molecule has 0 aliphatic carbocycles. The molecule has 12 nitrogen and oxygen atoms in total. The predicted molar refractivity (Wildman–Crippen MR) is 132 cm³/mol. The standard InChI is InChI=1S/C24H30BN5O7/c1-14(2)11-18(25-36-20(23(33)34)19(26-3)24(35)37-25)30-21(31)16(12-15-7-5-4-6-8-15)29-22(32)17-13-27-9-10-28-17/h4-10,13-14,16,18-20,26H,11-12H2,1-3H3,(H,29,32)(H,30,31)(H,33,34)/t16?,18-,19+,20+/m0/s1. The fourth-order valence-corrected chi connectivity index (χ4v) is 3.95. The number of rotatable bonds is 11. The molecule has 1 unspecified atom stereocenters. The van der Waals surface area contributed by atoms with Crippen molar-refractivity contribution in [1.29, 1.82) is 0 Å². The van der Waals surface area contributed by atoms with Crippen molar-refractivity contribution < 1.29 is 33.6 Å². The molecule has 1 saturated heterocycles. The molecule has 0 bridgehead atoms. The quantitative estimate of drug-likeness (QED) is 0.301. The largest absolute Gasteiger partial charge is 0.552 e. The first-order valence-corrected chi connectivity index (χ1v) is 11.9. The average Bonchev–Trinajstić information content (AvgIpc) is 2.88. The van der Waals surface area contributed by atoms with Crippen LogP contribution in [0.2, 0.25) is 0 Å². The Labute approximate surface area is 214 Å². The first-order valence-electron chi connectivity index (χ1n) is 11.9. The van der Waals surface area contributed by atoms with Crippen LogP contribution in [0.4, 0.5) is 0 Å². The number of nitrogens with one attached hydrogen (secondary N) is 3. The van der Waals surface area contributed by atoms with Gasteiger partial charge < -0.3 is 30.4 Å². The number of amides is 2. The molecule has 1 aliphatic rings. The van der Waals surface area contributed by atoms with Crippen molar-refractivity contribution in [3.63, 3.8) is 0 Å². The van der Waals surface area contributed by atoms with Crippen LogP contribution in [0, 0.1) is 5.92 Å². The Morgan fingerprint density at radius 3 is 2.46 bits per heavy atom. The van der Waals surface area contributed by atoms with Gasteiger partial charge in [0.15, 0.2) is 6.10 Å². The number of hydrogen-bond donors (Lipinski definition) is 4. The second kappa shape index (κ2) is 12.9. The molecule has 0 spiro atoms. The van der Waals surface area contributed by atoms with Crippen LogP contribution in [0.15, 0.2) is 48.9 Å². The van der Waals surface area contributed by atoms with E-state index in [2.05, 4.69) is 25.9 Å². The number of aromatic nitrogens is 2. The highest BCUT2D eigenvalue weighted by atomic mass is 16.6. The number of hydrogen-bond acceptors (Lipinski definition) is 9. The number of carboxylic acid groups (broad SMARTS) is 1. The van der Waals surface area contributed by atoms with Gasteiger partial charge in [0.05, 0.1) is 12.1 Å². The van der Waals surface area contributed by atoms with E-state index in [0.717, 1.165) is 5.56 Å². The minimum Gasteiger partial charge on any atom is -0.507 e. The lowest BCUT2D eigenvalue weighted by molar-refractivity contribution is -0.161. The normalized spacial score (nSPS) is 19.0. The molecule has 1 fully saturated rings. The summed E-state index contributed by atoms with van der Waals surface area (Å²) < 4.78 is 11.0.